The molecule has 1 aromatic carbocycles. The highest BCUT2D eigenvalue weighted by Crippen LogP contribution is 2.33. The van der Waals surface area contributed by atoms with Gasteiger partial charge in [-0.15, -0.1) is 0 Å². The van der Waals surface area contributed by atoms with Gasteiger partial charge in [0.15, 0.2) is 0 Å². The van der Waals surface area contributed by atoms with Crippen LogP contribution in [0.4, 0.5) is 4.79 Å². The first-order valence-corrected chi connectivity index (χ1v) is 7.67. The summed E-state index contributed by atoms with van der Waals surface area (Å²) in [7, 11) is 0. The van der Waals surface area contributed by atoms with Crippen molar-refractivity contribution in [2.24, 2.45) is 0 Å². The van der Waals surface area contributed by atoms with Gasteiger partial charge in [-0.05, 0) is 30.8 Å². The Labute approximate surface area is 131 Å². The first kappa shape index (κ1) is 14.4. The Kier molecular flexibility index (Phi) is 3.73. The van der Waals surface area contributed by atoms with E-state index in [1.165, 1.54) is 4.90 Å². The summed E-state index contributed by atoms with van der Waals surface area (Å²) in [6.45, 7) is 2.39. The minimum Gasteiger partial charge on any atom is -0.333 e. The van der Waals surface area contributed by atoms with E-state index in [1.807, 2.05) is 35.0 Å². The number of fused-ring (bicyclic) bond motifs is 1. The molecule has 1 aromatic heterocycles. The smallest absolute Gasteiger partial charge is 0.293 e. The lowest BCUT2D eigenvalue weighted by atomic mass is 10.1. The van der Waals surface area contributed by atoms with Gasteiger partial charge in [-0.3, -0.25) is 14.5 Å². The molecule has 0 N–H and O–H groups in total. The van der Waals surface area contributed by atoms with Crippen molar-refractivity contribution >= 4 is 39.9 Å². The van der Waals surface area contributed by atoms with Crippen molar-refractivity contribution in [3.05, 3.63) is 40.9 Å². The van der Waals surface area contributed by atoms with E-state index in [1.54, 1.807) is 13.0 Å². The van der Waals surface area contributed by atoms with Crippen LogP contribution in [0.25, 0.3) is 17.0 Å². The SMILES string of the molecule is CCN1C(=O)S/C(=C/c2cn(CC#N)c3ccccc23)C1=O. The molecule has 3 rings (SSSR count). The van der Waals surface area contributed by atoms with E-state index in [0.29, 0.717) is 11.4 Å². The lowest BCUT2D eigenvalue weighted by Gasteiger charge is -2.06. The molecular formula is C16H13N3O2S. The average Bonchev–Trinajstić information content (AvgIpc) is 2.99. The molecule has 2 aromatic rings. The van der Waals surface area contributed by atoms with E-state index >= 15 is 0 Å². The molecule has 5 nitrogen and oxygen atoms in total. The minimum absolute atomic E-state index is 0.237. The number of nitriles is 1. The number of rotatable bonds is 3. The highest BCUT2D eigenvalue weighted by molar-refractivity contribution is 8.18. The second-order valence-corrected chi connectivity index (χ2v) is 5.81. The van der Waals surface area contributed by atoms with Gasteiger partial charge in [-0.1, -0.05) is 18.2 Å². The summed E-state index contributed by atoms with van der Waals surface area (Å²) in [5.74, 6) is -0.255. The highest BCUT2D eigenvalue weighted by Gasteiger charge is 2.33. The summed E-state index contributed by atoms with van der Waals surface area (Å²) in [6.07, 6.45) is 3.57. The van der Waals surface area contributed by atoms with E-state index in [4.69, 9.17) is 5.26 Å². The summed E-state index contributed by atoms with van der Waals surface area (Å²) >= 11 is 0.957. The fourth-order valence-corrected chi connectivity index (χ4v) is 3.40. The fourth-order valence-electron chi connectivity index (χ4n) is 2.51. The highest BCUT2D eigenvalue weighted by atomic mass is 32.2. The molecule has 0 bridgehead atoms. The normalized spacial score (nSPS) is 16.7. The van der Waals surface area contributed by atoms with Crippen LogP contribution in [0.15, 0.2) is 35.4 Å². The first-order chi connectivity index (χ1) is 10.7. The van der Waals surface area contributed by atoms with Crippen molar-refractivity contribution in [3.63, 3.8) is 0 Å². The lowest BCUT2D eigenvalue weighted by Crippen LogP contribution is -2.27. The molecule has 22 heavy (non-hydrogen) atoms. The number of para-hydroxylation sites is 1. The predicted molar refractivity (Wildman–Crippen MR) is 85.9 cm³/mol. The van der Waals surface area contributed by atoms with E-state index in [-0.39, 0.29) is 17.7 Å². The van der Waals surface area contributed by atoms with Gasteiger partial charge < -0.3 is 4.57 Å². The van der Waals surface area contributed by atoms with Gasteiger partial charge in [-0.2, -0.15) is 5.26 Å². The van der Waals surface area contributed by atoms with Crippen molar-refractivity contribution in [2.75, 3.05) is 6.54 Å². The zero-order valence-electron chi connectivity index (χ0n) is 11.9. The number of aromatic nitrogens is 1. The number of likely N-dealkylation sites (N-methyl/N-ethyl adjacent to an activating group) is 1. The summed E-state index contributed by atoms with van der Waals surface area (Å²) < 4.78 is 1.84. The molecule has 6 heteroatoms. The second kappa shape index (κ2) is 5.70. The molecule has 1 aliphatic rings. The van der Waals surface area contributed by atoms with Crippen molar-refractivity contribution in [3.8, 4) is 6.07 Å². The Bertz CT molecular complexity index is 845. The average molecular weight is 311 g/mol. The predicted octanol–water partition coefficient (Wildman–Crippen LogP) is 3.22. The Hall–Kier alpha value is -2.52. The van der Waals surface area contributed by atoms with Gasteiger partial charge >= 0.3 is 0 Å². The molecular weight excluding hydrogens is 298 g/mol. The number of nitrogens with zero attached hydrogens (tertiary/aromatic N) is 3. The maximum Gasteiger partial charge on any atom is 0.293 e. The molecule has 2 heterocycles. The molecule has 0 saturated carbocycles. The summed E-state index contributed by atoms with van der Waals surface area (Å²) in [5, 5.41) is 9.64. The summed E-state index contributed by atoms with van der Waals surface area (Å²) in [5.41, 5.74) is 1.78. The van der Waals surface area contributed by atoms with Crippen LogP contribution in [-0.4, -0.2) is 27.2 Å². The Morgan fingerprint density at radius 3 is 2.77 bits per heavy atom. The topological polar surface area (TPSA) is 66.1 Å². The fraction of sp³-hybridized carbons (Fsp3) is 0.188. The van der Waals surface area contributed by atoms with Crippen molar-refractivity contribution in [2.45, 2.75) is 13.5 Å². The Balaban J connectivity index is 2.08. The zero-order valence-corrected chi connectivity index (χ0v) is 12.8. The quantitative estimate of drug-likeness (QED) is 0.816. The number of benzene rings is 1. The van der Waals surface area contributed by atoms with Crippen molar-refractivity contribution in [1.82, 2.24) is 9.47 Å². The molecule has 1 fully saturated rings. The third-order valence-corrected chi connectivity index (χ3v) is 4.44. The van der Waals surface area contributed by atoms with Crippen LogP contribution in [0, 0.1) is 11.3 Å². The van der Waals surface area contributed by atoms with E-state index in [9.17, 15) is 9.59 Å². The molecule has 110 valence electrons. The molecule has 0 atom stereocenters. The monoisotopic (exact) mass is 311 g/mol. The largest absolute Gasteiger partial charge is 0.333 e. The van der Waals surface area contributed by atoms with Crippen LogP contribution in [0.3, 0.4) is 0 Å². The second-order valence-electron chi connectivity index (χ2n) is 4.81. The van der Waals surface area contributed by atoms with Gasteiger partial charge in [0.25, 0.3) is 11.1 Å². The number of imide groups is 1. The first-order valence-electron chi connectivity index (χ1n) is 6.86. The Morgan fingerprint density at radius 1 is 1.32 bits per heavy atom. The Morgan fingerprint density at radius 2 is 2.09 bits per heavy atom. The zero-order chi connectivity index (χ0) is 15.7. The van der Waals surface area contributed by atoms with Gasteiger partial charge in [0.2, 0.25) is 0 Å². The third kappa shape index (κ3) is 2.30. The summed E-state index contributed by atoms with van der Waals surface area (Å²) in [6, 6.07) is 9.82. The van der Waals surface area contributed by atoms with Gasteiger partial charge in [0.05, 0.1) is 11.0 Å². The molecule has 1 aliphatic heterocycles. The molecule has 0 radical (unpaired) electrons. The molecule has 1 saturated heterocycles. The van der Waals surface area contributed by atoms with Crippen molar-refractivity contribution < 1.29 is 9.59 Å². The van der Waals surface area contributed by atoms with Gasteiger partial charge in [0, 0.05) is 29.2 Å². The standard InChI is InChI=1S/C16H13N3O2S/c1-2-19-15(20)14(22-16(19)21)9-11-10-18(8-7-17)13-6-4-3-5-12(11)13/h3-6,9-10H,2,8H2,1H3/b14-9+. The van der Waals surface area contributed by atoms with Crippen molar-refractivity contribution in [1.29, 1.82) is 5.26 Å². The number of amides is 2. The van der Waals surface area contributed by atoms with E-state index in [2.05, 4.69) is 6.07 Å². The van der Waals surface area contributed by atoms with Crippen LogP contribution in [0.1, 0.15) is 12.5 Å². The third-order valence-electron chi connectivity index (χ3n) is 3.54. The van der Waals surface area contributed by atoms with Crippen LogP contribution >= 0.6 is 11.8 Å². The number of carbonyl (C=O) groups excluding carboxylic acids is 2. The van der Waals surface area contributed by atoms with Crippen LogP contribution in [0.5, 0.6) is 0 Å². The van der Waals surface area contributed by atoms with Crippen LogP contribution < -0.4 is 0 Å². The van der Waals surface area contributed by atoms with Crippen LogP contribution in [0.2, 0.25) is 0 Å². The van der Waals surface area contributed by atoms with E-state index in [0.717, 1.165) is 28.2 Å². The summed E-state index contributed by atoms with van der Waals surface area (Å²) in [4.78, 5) is 25.6. The maximum absolute atomic E-state index is 12.2. The van der Waals surface area contributed by atoms with E-state index < -0.39 is 0 Å². The lowest BCUT2D eigenvalue weighted by molar-refractivity contribution is -0.122. The van der Waals surface area contributed by atoms with Gasteiger partial charge in [0.1, 0.15) is 6.54 Å². The molecule has 0 aliphatic carbocycles. The molecule has 2 amide bonds. The number of hydrogen-bond donors (Lipinski definition) is 0. The molecule has 0 spiro atoms. The number of hydrogen-bond acceptors (Lipinski definition) is 4. The number of thioether (sulfide) groups is 1. The molecule has 0 unspecified atom stereocenters. The van der Waals surface area contributed by atoms with Crippen LogP contribution in [-0.2, 0) is 11.3 Å². The maximum atomic E-state index is 12.2. The minimum atomic E-state index is -0.255. The van der Waals surface area contributed by atoms with Gasteiger partial charge in [-0.25, -0.2) is 0 Å². The number of carbonyl (C=O) groups is 2.